The minimum absolute atomic E-state index is 0.00361. The summed E-state index contributed by atoms with van der Waals surface area (Å²) in [6.07, 6.45) is 3.72. The summed E-state index contributed by atoms with van der Waals surface area (Å²) in [4.78, 5) is 14.0. The standard InChI is InChI=1S/C13H20N2O/c1-13(2)8-10(5-6-15(3)4)7-11(9-14)12(13)16/h7,10H,5-6,8H2,1-4H3. The molecule has 0 amide bonds. The third-order valence-corrected chi connectivity index (χ3v) is 3.10. The molecule has 1 rings (SSSR count). The third-order valence-electron chi connectivity index (χ3n) is 3.10. The Morgan fingerprint density at radius 2 is 2.19 bits per heavy atom. The maximum Gasteiger partial charge on any atom is 0.178 e. The van der Waals surface area contributed by atoms with Crippen LogP contribution >= 0.6 is 0 Å². The number of nitrogens with zero attached hydrogens (tertiary/aromatic N) is 2. The molecule has 0 saturated heterocycles. The molecule has 0 saturated carbocycles. The van der Waals surface area contributed by atoms with Crippen molar-refractivity contribution in [1.29, 1.82) is 5.26 Å². The van der Waals surface area contributed by atoms with E-state index in [2.05, 4.69) is 4.90 Å². The molecule has 1 unspecified atom stereocenters. The van der Waals surface area contributed by atoms with Gasteiger partial charge in [-0.3, -0.25) is 4.79 Å². The molecule has 88 valence electrons. The van der Waals surface area contributed by atoms with Gasteiger partial charge in [-0.2, -0.15) is 5.26 Å². The molecule has 0 aromatic carbocycles. The van der Waals surface area contributed by atoms with Crippen molar-refractivity contribution in [1.82, 2.24) is 4.90 Å². The van der Waals surface area contributed by atoms with Gasteiger partial charge in [-0.05, 0) is 39.4 Å². The zero-order chi connectivity index (χ0) is 12.3. The van der Waals surface area contributed by atoms with Crippen molar-refractivity contribution in [2.45, 2.75) is 26.7 Å². The molecule has 1 atom stereocenters. The van der Waals surface area contributed by atoms with Crippen molar-refractivity contribution >= 4 is 5.78 Å². The Balaban J connectivity index is 2.79. The maximum atomic E-state index is 11.9. The fraction of sp³-hybridized carbons (Fsp3) is 0.692. The molecule has 1 aliphatic rings. The Bertz CT molecular complexity index is 347. The number of carbonyl (C=O) groups is 1. The van der Waals surface area contributed by atoms with E-state index in [0.29, 0.717) is 11.5 Å². The predicted octanol–water partition coefficient (Wildman–Crippen LogP) is 2.00. The smallest absolute Gasteiger partial charge is 0.178 e. The van der Waals surface area contributed by atoms with Crippen LogP contribution in [0.25, 0.3) is 0 Å². The summed E-state index contributed by atoms with van der Waals surface area (Å²) in [6.45, 7) is 4.86. The van der Waals surface area contributed by atoms with Crippen LogP contribution < -0.4 is 0 Å². The molecule has 16 heavy (non-hydrogen) atoms. The highest BCUT2D eigenvalue weighted by molar-refractivity contribution is 6.03. The second kappa shape index (κ2) is 4.80. The van der Waals surface area contributed by atoms with Crippen LogP contribution in [0.4, 0.5) is 0 Å². The fourth-order valence-electron chi connectivity index (χ4n) is 2.18. The lowest BCUT2D eigenvalue weighted by Crippen LogP contribution is -2.33. The number of hydrogen-bond acceptors (Lipinski definition) is 3. The van der Waals surface area contributed by atoms with Gasteiger partial charge in [0.05, 0.1) is 5.57 Å². The van der Waals surface area contributed by atoms with Gasteiger partial charge in [-0.15, -0.1) is 0 Å². The normalized spacial score (nSPS) is 24.1. The van der Waals surface area contributed by atoms with Crippen LogP contribution in [0.2, 0.25) is 0 Å². The van der Waals surface area contributed by atoms with E-state index < -0.39 is 0 Å². The van der Waals surface area contributed by atoms with Gasteiger partial charge >= 0.3 is 0 Å². The Labute approximate surface area is 97.7 Å². The lowest BCUT2D eigenvalue weighted by molar-refractivity contribution is -0.124. The highest BCUT2D eigenvalue weighted by Gasteiger charge is 2.36. The molecule has 3 nitrogen and oxygen atoms in total. The van der Waals surface area contributed by atoms with Crippen molar-refractivity contribution < 1.29 is 4.79 Å². The van der Waals surface area contributed by atoms with Gasteiger partial charge in [0, 0.05) is 5.41 Å². The van der Waals surface area contributed by atoms with Gasteiger partial charge in [-0.25, -0.2) is 0 Å². The van der Waals surface area contributed by atoms with Crippen molar-refractivity contribution in [2.75, 3.05) is 20.6 Å². The number of allylic oxidation sites excluding steroid dienone is 2. The number of nitriles is 1. The van der Waals surface area contributed by atoms with E-state index in [0.717, 1.165) is 19.4 Å². The first-order chi connectivity index (χ1) is 7.36. The van der Waals surface area contributed by atoms with Crippen LogP contribution in [0.5, 0.6) is 0 Å². The highest BCUT2D eigenvalue weighted by atomic mass is 16.1. The SMILES string of the molecule is CN(C)CCC1C=C(C#N)C(=O)C(C)(C)C1. The quantitative estimate of drug-likeness (QED) is 0.730. The monoisotopic (exact) mass is 220 g/mol. The summed E-state index contributed by atoms with van der Waals surface area (Å²) >= 11 is 0. The zero-order valence-electron chi connectivity index (χ0n) is 10.6. The summed E-state index contributed by atoms with van der Waals surface area (Å²) in [7, 11) is 4.07. The molecule has 0 aromatic rings. The van der Waals surface area contributed by atoms with E-state index >= 15 is 0 Å². The summed E-state index contributed by atoms with van der Waals surface area (Å²) in [5.41, 5.74) is -0.0310. The maximum absolute atomic E-state index is 11.9. The third kappa shape index (κ3) is 2.93. The predicted molar refractivity (Wildman–Crippen MR) is 63.8 cm³/mol. The lowest BCUT2D eigenvalue weighted by Gasteiger charge is -2.31. The van der Waals surface area contributed by atoms with Gasteiger partial charge in [-0.1, -0.05) is 19.9 Å². The molecule has 0 aromatic heterocycles. The average Bonchev–Trinajstić information content (AvgIpc) is 2.19. The van der Waals surface area contributed by atoms with Crippen molar-refractivity contribution in [3.8, 4) is 6.07 Å². The van der Waals surface area contributed by atoms with E-state index in [1.54, 1.807) is 0 Å². The van der Waals surface area contributed by atoms with Crippen LogP contribution in [0, 0.1) is 22.7 Å². The molecule has 0 aliphatic heterocycles. The van der Waals surface area contributed by atoms with Crippen LogP contribution in [-0.2, 0) is 4.79 Å². The minimum Gasteiger partial charge on any atom is -0.309 e. The van der Waals surface area contributed by atoms with Crippen molar-refractivity contribution in [3.05, 3.63) is 11.6 Å². The molecule has 0 N–H and O–H groups in total. The Kier molecular flexibility index (Phi) is 3.88. The van der Waals surface area contributed by atoms with Gasteiger partial charge < -0.3 is 4.90 Å². The number of ketones is 1. The molecule has 0 fully saturated rings. The zero-order valence-corrected chi connectivity index (χ0v) is 10.6. The van der Waals surface area contributed by atoms with Gasteiger partial charge in [0.2, 0.25) is 0 Å². The molecule has 0 radical (unpaired) electrons. The Morgan fingerprint density at radius 3 is 2.69 bits per heavy atom. The molecular weight excluding hydrogens is 200 g/mol. The molecule has 0 spiro atoms. The van der Waals surface area contributed by atoms with Gasteiger partial charge in [0.1, 0.15) is 6.07 Å². The number of Topliss-reactive ketones (excluding diaryl/α,β-unsaturated/α-hetero) is 1. The van der Waals surface area contributed by atoms with Crippen molar-refractivity contribution in [3.63, 3.8) is 0 Å². The highest BCUT2D eigenvalue weighted by Crippen LogP contribution is 2.36. The molecule has 0 bridgehead atoms. The number of rotatable bonds is 3. The Morgan fingerprint density at radius 1 is 1.56 bits per heavy atom. The minimum atomic E-state index is -0.378. The van der Waals surface area contributed by atoms with E-state index in [4.69, 9.17) is 5.26 Å². The van der Waals surface area contributed by atoms with E-state index in [1.165, 1.54) is 0 Å². The van der Waals surface area contributed by atoms with Gasteiger partial charge in [0.25, 0.3) is 0 Å². The van der Waals surface area contributed by atoms with Crippen LogP contribution in [0.15, 0.2) is 11.6 Å². The van der Waals surface area contributed by atoms with Crippen LogP contribution in [-0.4, -0.2) is 31.3 Å². The van der Waals surface area contributed by atoms with E-state index in [9.17, 15) is 4.79 Å². The first kappa shape index (κ1) is 12.9. The summed E-state index contributed by atoms with van der Waals surface area (Å²) < 4.78 is 0. The number of carbonyl (C=O) groups excluding carboxylic acids is 1. The number of hydrogen-bond donors (Lipinski definition) is 0. The summed E-state index contributed by atoms with van der Waals surface area (Å²) in [5, 5.41) is 8.94. The molecule has 0 heterocycles. The summed E-state index contributed by atoms with van der Waals surface area (Å²) in [5.74, 6) is 0.348. The lowest BCUT2D eigenvalue weighted by atomic mass is 9.71. The van der Waals surface area contributed by atoms with Gasteiger partial charge in [0.15, 0.2) is 5.78 Å². The first-order valence-corrected chi connectivity index (χ1v) is 5.68. The molecule has 3 heteroatoms. The fourth-order valence-corrected chi connectivity index (χ4v) is 2.18. The largest absolute Gasteiger partial charge is 0.309 e. The average molecular weight is 220 g/mol. The topological polar surface area (TPSA) is 44.1 Å². The second-order valence-electron chi connectivity index (χ2n) is 5.46. The Hall–Kier alpha value is -1.14. The van der Waals surface area contributed by atoms with Crippen LogP contribution in [0.3, 0.4) is 0 Å². The molecule has 1 aliphatic carbocycles. The molecular formula is C13H20N2O. The van der Waals surface area contributed by atoms with E-state index in [-0.39, 0.29) is 11.2 Å². The second-order valence-corrected chi connectivity index (χ2v) is 5.46. The van der Waals surface area contributed by atoms with Crippen LogP contribution in [0.1, 0.15) is 26.7 Å². The first-order valence-electron chi connectivity index (χ1n) is 5.68. The summed E-state index contributed by atoms with van der Waals surface area (Å²) in [6, 6.07) is 2.02. The van der Waals surface area contributed by atoms with E-state index in [1.807, 2.05) is 40.1 Å². The van der Waals surface area contributed by atoms with Crippen molar-refractivity contribution in [2.24, 2.45) is 11.3 Å².